The predicted octanol–water partition coefficient (Wildman–Crippen LogP) is 2.02. The van der Waals surface area contributed by atoms with Crippen molar-refractivity contribution < 1.29 is 14.3 Å². The standard InChI is InChI=1S/C18H28N4O3S/c1-18(2,3)25-17(24)22-15(20)13-7-5-12(6-8-13)11-21-16(23)14(19)9-10-26-4/h5-8,14H,9-11,19H2,1-4H3,(H,21,23)(H2,20,22,24)/t14-/m0/s1. The summed E-state index contributed by atoms with van der Waals surface area (Å²) < 4.78 is 5.10. The Balaban J connectivity index is 2.60. The van der Waals surface area contributed by atoms with Crippen LogP contribution < -0.4 is 16.8 Å². The summed E-state index contributed by atoms with van der Waals surface area (Å²) in [7, 11) is 0. The van der Waals surface area contributed by atoms with E-state index < -0.39 is 17.7 Å². The van der Waals surface area contributed by atoms with Gasteiger partial charge in [0.15, 0.2) is 0 Å². The first-order valence-corrected chi connectivity index (χ1v) is 9.70. The van der Waals surface area contributed by atoms with Crippen LogP contribution in [-0.4, -0.2) is 41.5 Å². The Morgan fingerprint density at radius 3 is 2.42 bits per heavy atom. The minimum atomic E-state index is -0.731. The van der Waals surface area contributed by atoms with Crippen LogP contribution in [-0.2, 0) is 16.1 Å². The van der Waals surface area contributed by atoms with Crippen molar-refractivity contribution in [1.29, 1.82) is 0 Å². The number of thioether (sulfide) groups is 1. The summed E-state index contributed by atoms with van der Waals surface area (Å²) in [4.78, 5) is 27.3. The summed E-state index contributed by atoms with van der Waals surface area (Å²) in [5.41, 5.74) is 12.5. The Labute approximate surface area is 158 Å². The molecule has 0 saturated heterocycles. The number of nitrogens with two attached hydrogens (primary N) is 2. The summed E-state index contributed by atoms with van der Waals surface area (Å²) >= 11 is 1.66. The second-order valence-corrected chi connectivity index (χ2v) is 7.77. The molecule has 0 aromatic heterocycles. The highest BCUT2D eigenvalue weighted by Gasteiger charge is 2.16. The summed E-state index contributed by atoms with van der Waals surface area (Å²) in [5.74, 6) is 0.752. The molecule has 8 heteroatoms. The molecule has 0 heterocycles. The van der Waals surface area contributed by atoms with Crippen molar-refractivity contribution in [2.75, 3.05) is 12.0 Å². The average Bonchev–Trinajstić information content (AvgIpc) is 2.56. The number of amidine groups is 1. The number of ether oxygens (including phenoxy) is 1. The van der Waals surface area contributed by atoms with Crippen LogP contribution in [0.25, 0.3) is 0 Å². The van der Waals surface area contributed by atoms with Gasteiger partial charge in [-0.2, -0.15) is 16.8 Å². The smallest absolute Gasteiger partial charge is 0.436 e. The fourth-order valence-electron chi connectivity index (χ4n) is 1.94. The number of carbonyl (C=O) groups excluding carboxylic acids is 2. The molecule has 0 saturated carbocycles. The maximum absolute atomic E-state index is 11.9. The molecular formula is C18H28N4O3S. The SMILES string of the molecule is CSCC[C@H](N)C(=O)NCc1ccc(C(N)=NC(=O)OC(C)(C)C)cc1. The number of benzene rings is 1. The molecule has 0 aliphatic rings. The van der Waals surface area contributed by atoms with Gasteiger partial charge in [-0.05, 0) is 44.8 Å². The predicted molar refractivity (Wildman–Crippen MR) is 106 cm³/mol. The van der Waals surface area contributed by atoms with Gasteiger partial charge in [0.05, 0.1) is 6.04 Å². The van der Waals surface area contributed by atoms with E-state index in [0.717, 1.165) is 11.3 Å². The number of nitrogens with zero attached hydrogens (tertiary/aromatic N) is 1. The van der Waals surface area contributed by atoms with Gasteiger partial charge in [0, 0.05) is 12.1 Å². The minimum absolute atomic E-state index is 0.0777. The summed E-state index contributed by atoms with van der Waals surface area (Å²) in [6.07, 6.45) is 1.89. The molecule has 0 aliphatic carbocycles. The molecule has 2 amide bonds. The van der Waals surface area contributed by atoms with E-state index in [9.17, 15) is 9.59 Å². The lowest BCUT2D eigenvalue weighted by molar-refractivity contribution is -0.122. The van der Waals surface area contributed by atoms with E-state index in [2.05, 4.69) is 10.3 Å². The van der Waals surface area contributed by atoms with Crippen molar-refractivity contribution >= 4 is 29.6 Å². The van der Waals surface area contributed by atoms with E-state index in [1.165, 1.54) is 0 Å². The largest absolute Gasteiger partial charge is 0.442 e. The van der Waals surface area contributed by atoms with Crippen LogP contribution in [0.4, 0.5) is 4.79 Å². The average molecular weight is 381 g/mol. The Morgan fingerprint density at radius 1 is 1.27 bits per heavy atom. The Kier molecular flexibility index (Phi) is 8.60. The third kappa shape index (κ3) is 8.35. The number of carbonyl (C=O) groups is 2. The summed E-state index contributed by atoms with van der Waals surface area (Å²) in [5, 5.41) is 2.81. The number of rotatable bonds is 7. The van der Waals surface area contributed by atoms with E-state index >= 15 is 0 Å². The van der Waals surface area contributed by atoms with Crippen molar-refractivity contribution in [2.45, 2.75) is 45.4 Å². The highest BCUT2D eigenvalue weighted by Crippen LogP contribution is 2.09. The molecule has 1 atom stereocenters. The minimum Gasteiger partial charge on any atom is -0.442 e. The van der Waals surface area contributed by atoms with Gasteiger partial charge in [-0.25, -0.2) is 4.79 Å². The zero-order valence-corrected chi connectivity index (χ0v) is 16.6. The maximum Gasteiger partial charge on any atom is 0.436 e. The van der Waals surface area contributed by atoms with E-state index in [4.69, 9.17) is 16.2 Å². The topological polar surface area (TPSA) is 120 Å². The third-order valence-corrected chi connectivity index (χ3v) is 3.94. The Hall–Kier alpha value is -2.06. The number of aliphatic imine (C=N–C) groups is 1. The normalized spacial score (nSPS) is 13.2. The molecule has 0 aliphatic heterocycles. The molecule has 1 aromatic rings. The third-order valence-electron chi connectivity index (χ3n) is 3.29. The molecule has 26 heavy (non-hydrogen) atoms. The molecule has 5 N–H and O–H groups in total. The zero-order chi connectivity index (χ0) is 19.7. The summed E-state index contributed by atoms with van der Waals surface area (Å²) in [6.45, 7) is 5.64. The zero-order valence-electron chi connectivity index (χ0n) is 15.7. The fourth-order valence-corrected chi connectivity index (χ4v) is 2.43. The van der Waals surface area contributed by atoms with Crippen molar-refractivity contribution in [3.63, 3.8) is 0 Å². The molecule has 0 unspecified atom stereocenters. The second kappa shape index (κ2) is 10.2. The van der Waals surface area contributed by atoms with Gasteiger partial charge in [0.25, 0.3) is 0 Å². The van der Waals surface area contributed by atoms with Gasteiger partial charge in [-0.15, -0.1) is 0 Å². The molecular weight excluding hydrogens is 352 g/mol. The number of hydrogen-bond acceptors (Lipinski definition) is 5. The van der Waals surface area contributed by atoms with Crippen molar-refractivity contribution in [1.82, 2.24) is 5.32 Å². The van der Waals surface area contributed by atoms with Gasteiger partial charge in [-0.1, -0.05) is 24.3 Å². The quantitative estimate of drug-likeness (QED) is 0.492. The van der Waals surface area contributed by atoms with E-state index in [1.54, 1.807) is 56.8 Å². The van der Waals surface area contributed by atoms with E-state index in [-0.39, 0.29) is 11.7 Å². The lowest BCUT2D eigenvalue weighted by atomic mass is 10.1. The summed E-state index contributed by atoms with van der Waals surface area (Å²) in [6, 6.07) is 6.58. The highest BCUT2D eigenvalue weighted by atomic mass is 32.2. The van der Waals surface area contributed by atoms with Crippen molar-refractivity contribution in [3.05, 3.63) is 35.4 Å². The van der Waals surface area contributed by atoms with Gasteiger partial charge < -0.3 is 21.5 Å². The van der Waals surface area contributed by atoms with Gasteiger partial charge in [-0.3, -0.25) is 4.79 Å². The first-order valence-electron chi connectivity index (χ1n) is 8.31. The molecule has 0 spiro atoms. The van der Waals surface area contributed by atoms with Crippen LogP contribution in [0.15, 0.2) is 29.3 Å². The fraction of sp³-hybridized carbons (Fsp3) is 0.500. The van der Waals surface area contributed by atoms with Gasteiger partial charge in [0.1, 0.15) is 11.4 Å². The van der Waals surface area contributed by atoms with Crippen LogP contribution in [0, 0.1) is 0 Å². The van der Waals surface area contributed by atoms with Crippen LogP contribution >= 0.6 is 11.8 Å². The van der Waals surface area contributed by atoms with Crippen LogP contribution in [0.1, 0.15) is 38.3 Å². The number of hydrogen-bond donors (Lipinski definition) is 3. The Morgan fingerprint density at radius 2 is 1.88 bits per heavy atom. The van der Waals surface area contributed by atoms with Gasteiger partial charge in [0.2, 0.25) is 5.91 Å². The van der Waals surface area contributed by atoms with Gasteiger partial charge >= 0.3 is 6.09 Å². The molecule has 144 valence electrons. The lowest BCUT2D eigenvalue weighted by Gasteiger charge is -2.17. The molecule has 7 nitrogen and oxygen atoms in total. The molecule has 1 rings (SSSR count). The van der Waals surface area contributed by atoms with Crippen molar-refractivity contribution in [3.8, 4) is 0 Å². The number of amides is 2. The molecule has 1 aromatic carbocycles. The van der Waals surface area contributed by atoms with E-state index in [0.29, 0.717) is 18.5 Å². The highest BCUT2D eigenvalue weighted by molar-refractivity contribution is 7.98. The molecule has 0 fully saturated rings. The monoisotopic (exact) mass is 380 g/mol. The molecule has 0 bridgehead atoms. The Bertz CT molecular complexity index is 639. The number of nitrogens with one attached hydrogen (secondary N) is 1. The van der Waals surface area contributed by atoms with Crippen LogP contribution in [0.2, 0.25) is 0 Å². The van der Waals surface area contributed by atoms with Crippen molar-refractivity contribution in [2.24, 2.45) is 16.5 Å². The maximum atomic E-state index is 11.9. The molecule has 0 radical (unpaired) electrons. The van der Waals surface area contributed by atoms with Crippen LogP contribution in [0.3, 0.4) is 0 Å². The lowest BCUT2D eigenvalue weighted by Crippen LogP contribution is -2.40. The first-order chi connectivity index (χ1) is 12.1. The first kappa shape index (κ1) is 22.0. The van der Waals surface area contributed by atoms with E-state index in [1.807, 2.05) is 6.26 Å². The second-order valence-electron chi connectivity index (χ2n) is 6.78. The van der Waals surface area contributed by atoms with Crippen LogP contribution in [0.5, 0.6) is 0 Å².